The molecular formula is C17H33N3O5S2. The van der Waals surface area contributed by atoms with Crippen molar-refractivity contribution in [2.45, 2.75) is 63.7 Å². The predicted octanol–water partition coefficient (Wildman–Crippen LogP) is 0.853. The Morgan fingerprint density at radius 1 is 1.04 bits per heavy atom. The second kappa shape index (κ2) is 9.19. The van der Waals surface area contributed by atoms with Crippen LogP contribution in [0.2, 0.25) is 0 Å². The van der Waals surface area contributed by atoms with Crippen molar-refractivity contribution in [3.05, 3.63) is 0 Å². The minimum Gasteiger partial charge on any atom is -0.339 e. The molecule has 0 radical (unpaired) electrons. The Morgan fingerprint density at radius 2 is 1.59 bits per heavy atom. The van der Waals surface area contributed by atoms with Crippen molar-refractivity contribution in [3.8, 4) is 0 Å². The van der Waals surface area contributed by atoms with Gasteiger partial charge in [0.15, 0.2) is 9.84 Å². The summed E-state index contributed by atoms with van der Waals surface area (Å²) in [4.78, 5) is 14.0. The van der Waals surface area contributed by atoms with Gasteiger partial charge < -0.3 is 4.90 Å². The van der Waals surface area contributed by atoms with Crippen LogP contribution in [0.5, 0.6) is 0 Å². The number of amides is 1. The normalized spacial score (nSPS) is 22.1. The van der Waals surface area contributed by atoms with Crippen molar-refractivity contribution in [1.29, 1.82) is 0 Å². The molecule has 0 aromatic rings. The summed E-state index contributed by atoms with van der Waals surface area (Å²) in [6, 6.07) is 0.0441. The molecule has 2 aliphatic rings. The fraction of sp³-hybridized carbons (Fsp3) is 0.941. The first-order valence-corrected chi connectivity index (χ1v) is 13.0. The lowest BCUT2D eigenvalue weighted by atomic mass is 9.96. The maximum absolute atomic E-state index is 12.9. The first kappa shape index (κ1) is 22.6. The molecule has 2 fully saturated rings. The quantitative estimate of drug-likeness (QED) is 0.605. The lowest BCUT2D eigenvalue weighted by Gasteiger charge is -2.39. The molecule has 1 amide bonds. The molecule has 1 saturated heterocycles. The zero-order valence-electron chi connectivity index (χ0n) is 16.6. The van der Waals surface area contributed by atoms with Crippen LogP contribution in [0.15, 0.2) is 0 Å². The van der Waals surface area contributed by atoms with Gasteiger partial charge in [0.05, 0.1) is 5.75 Å². The summed E-state index contributed by atoms with van der Waals surface area (Å²) in [5.74, 6) is -0.443. The van der Waals surface area contributed by atoms with Gasteiger partial charge in [0.1, 0.15) is 5.25 Å². The number of carbonyl (C=O) groups is 1. The standard InChI is InChI=1S/C17H33N3O5S2/c1-4-14-26(22,23)15(2)17(21)19-10-12-20(13-11-19)27(24,25)18(3)16-8-6-5-7-9-16/h15-16H,4-14H2,1-3H3. The van der Waals surface area contributed by atoms with E-state index in [2.05, 4.69) is 0 Å². The van der Waals surface area contributed by atoms with E-state index in [0.29, 0.717) is 6.42 Å². The first-order chi connectivity index (χ1) is 12.6. The van der Waals surface area contributed by atoms with Gasteiger partial charge in [-0.15, -0.1) is 0 Å². The number of carbonyl (C=O) groups excluding carboxylic acids is 1. The predicted molar refractivity (Wildman–Crippen MR) is 105 cm³/mol. The maximum atomic E-state index is 12.9. The third-order valence-electron chi connectivity index (χ3n) is 5.70. The van der Waals surface area contributed by atoms with E-state index < -0.39 is 31.2 Å². The fourth-order valence-electron chi connectivity index (χ4n) is 3.83. The lowest BCUT2D eigenvalue weighted by molar-refractivity contribution is -0.131. The molecule has 1 aliphatic heterocycles. The number of nitrogens with zero attached hydrogens (tertiary/aromatic N) is 3. The Hall–Kier alpha value is -0.710. The highest BCUT2D eigenvalue weighted by molar-refractivity contribution is 7.92. The van der Waals surface area contributed by atoms with E-state index in [9.17, 15) is 21.6 Å². The highest BCUT2D eigenvalue weighted by Gasteiger charge is 2.37. The van der Waals surface area contributed by atoms with E-state index in [0.717, 1.165) is 32.1 Å². The average Bonchev–Trinajstić information content (AvgIpc) is 2.67. The van der Waals surface area contributed by atoms with E-state index >= 15 is 0 Å². The van der Waals surface area contributed by atoms with Crippen LogP contribution in [0.1, 0.15) is 52.4 Å². The molecular weight excluding hydrogens is 390 g/mol. The summed E-state index contributed by atoms with van der Waals surface area (Å²) in [5, 5.41) is -1.08. The highest BCUT2D eigenvalue weighted by atomic mass is 32.2. The third kappa shape index (κ3) is 5.21. The van der Waals surface area contributed by atoms with Crippen LogP contribution < -0.4 is 0 Å². The lowest BCUT2D eigenvalue weighted by Crippen LogP contribution is -2.56. The number of rotatable bonds is 7. The van der Waals surface area contributed by atoms with Crippen LogP contribution in [-0.2, 0) is 24.8 Å². The van der Waals surface area contributed by atoms with Crippen molar-refractivity contribution < 1.29 is 21.6 Å². The van der Waals surface area contributed by atoms with E-state index in [4.69, 9.17) is 0 Å². The topological polar surface area (TPSA) is 95.1 Å². The van der Waals surface area contributed by atoms with Crippen LogP contribution in [0, 0.1) is 0 Å². The smallest absolute Gasteiger partial charge is 0.282 e. The number of sulfone groups is 1. The molecule has 1 atom stereocenters. The SMILES string of the molecule is CCCS(=O)(=O)C(C)C(=O)N1CCN(S(=O)(=O)N(C)C2CCCCC2)CC1. The molecule has 158 valence electrons. The molecule has 8 nitrogen and oxygen atoms in total. The zero-order valence-corrected chi connectivity index (χ0v) is 18.3. The molecule has 1 aliphatic carbocycles. The van der Waals surface area contributed by atoms with Gasteiger partial charge in [0.2, 0.25) is 5.91 Å². The van der Waals surface area contributed by atoms with E-state index in [1.165, 1.54) is 20.4 Å². The molecule has 0 bridgehead atoms. The molecule has 1 unspecified atom stereocenters. The number of hydrogen-bond donors (Lipinski definition) is 0. The van der Waals surface area contributed by atoms with E-state index in [1.807, 2.05) is 0 Å². The summed E-state index contributed by atoms with van der Waals surface area (Å²) in [6.07, 6.45) is 5.51. The Labute approximate surface area is 164 Å². The molecule has 27 heavy (non-hydrogen) atoms. The van der Waals surface area contributed by atoms with Gasteiger partial charge in [-0.25, -0.2) is 8.42 Å². The van der Waals surface area contributed by atoms with Crippen molar-refractivity contribution in [2.75, 3.05) is 39.0 Å². The minimum atomic E-state index is -3.56. The van der Waals surface area contributed by atoms with Crippen LogP contribution >= 0.6 is 0 Å². The summed E-state index contributed by atoms with van der Waals surface area (Å²) >= 11 is 0. The second-order valence-electron chi connectivity index (χ2n) is 7.55. The number of piperazine rings is 1. The Morgan fingerprint density at radius 3 is 2.11 bits per heavy atom. The van der Waals surface area contributed by atoms with Gasteiger partial charge in [-0.2, -0.15) is 17.0 Å². The van der Waals surface area contributed by atoms with Crippen LogP contribution in [-0.4, -0.2) is 86.5 Å². The van der Waals surface area contributed by atoms with Crippen LogP contribution in [0.25, 0.3) is 0 Å². The largest absolute Gasteiger partial charge is 0.339 e. The van der Waals surface area contributed by atoms with Crippen molar-refractivity contribution in [1.82, 2.24) is 13.5 Å². The van der Waals surface area contributed by atoms with Gasteiger partial charge >= 0.3 is 0 Å². The molecule has 0 spiro atoms. The van der Waals surface area contributed by atoms with Gasteiger partial charge in [0, 0.05) is 39.3 Å². The van der Waals surface area contributed by atoms with Crippen LogP contribution in [0.4, 0.5) is 0 Å². The summed E-state index contributed by atoms with van der Waals surface area (Å²) < 4.78 is 53.0. The molecule has 2 rings (SSSR count). The van der Waals surface area contributed by atoms with Crippen molar-refractivity contribution in [2.24, 2.45) is 0 Å². The fourth-order valence-corrected chi connectivity index (χ4v) is 6.78. The first-order valence-electron chi connectivity index (χ1n) is 9.84. The Balaban J connectivity index is 1.96. The summed E-state index contributed by atoms with van der Waals surface area (Å²) in [6.45, 7) is 4.04. The average molecular weight is 424 g/mol. The van der Waals surface area contributed by atoms with Gasteiger partial charge in [-0.05, 0) is 26.2 Å². The molecule has 0 aromatic heterocycles. The maximum Gasteiger partial charge on any atom is 0.282 e. The molecule has 0 aromatic carbocycles. The Bertz CT molecular complexity index is 709. The van der Waals surface area contributed by atoms with Gasteiger partial charge in [-0.1, -0.05) is 26.2 Å². The highest BCUT2D eigenvalue weighted by Crippen LogP contribution is 2.25. The third-order valence-corrected chi connectivity index (χ3v) is 10.0. The zero-order chi connectivity index (χ0) is 20.2. The van der Waals surface area contributed by atoms with Crippen LogP contribution in [0.3, 0.4) is 0 Å². The Kier molecular flexibility index (Phi) is 7.69. The van der Waals surface area contributed by atoms with E-state index in [1.54, 1.807) is 14.0 Å². The van der Waals surface area contributed by atoms with Crippen molar-refractivity contribution >= 4 is 26.0 Å². The second-order valence-corrected chi connectivity index (χ2v) is 12.0. The monoisotopic (exact) mass is 423 g/mol. The molecule has 1 heterocycles. The van der Waals surface area contributed by atoms with Gasteiger partial charge in [0.25, 0.3) is 10.2 Å². The van der Waals surface area contributed by atoms with Gasteiger partial charge in [-0.3, -0.25) is 4.79 Å². The molecule has 0 N–H and O–H groups in total. The molecule has 10 heteroatoms. The van der Waals surface area contributed by atoms with E-state index in [-0.39, 0.29) is 38.0 Å². The summed E-state index contributed by atoms with van der Waals surface area (Å²) in [5.41, 5.74) is 0. The molecule has 1 saturated carbocycles. The van der Waals surface area contributed by atoms with Crippen molar-refractivity contribution in [3.63, 3.8) is 0 Å². The number of hydrogen-bond acceptors (Lipinski definition) is 5. The summed E-state index contributed by atoms with van der Waals surface area (Å²) in [7, 11) is -5.38. The minimum absolute atomic E-state index is 0.0135.